The van der Waals surface area contributed by atoms with Crippen LogP contribution < -0.4 is 14.8 Å². The van der Waals surface area contributed by atoms with E-state index >= 15 is 0 Å². The molecule has 0 fully saturated rings. The van der Waals surface area contributed by atoms with E-state index in [0.717, 1.165) is 5.56 Å². The van der Waals surface area contributed by atoms with Crippen LogP contribution in [-0.2, 0) is 11.2 Å². The molecule has 0 aliphatic heterocycles. The van der Waals surface area contributed by atoms with Crippen molar-refractivity contribution in [3.05, 3.63) is 76.4 Å². The van der Waals surface area contributed by atoms with Crippen LogP contribution in [0.2, 0.25) is 10.0 Å². The standard InChI is InChI=1S/C20H16Cl2N2O3/c1-26-17-8-4-2-6-13(17)10-19(25)24-16-7-3-5-9-18(16)27-20-15(22)11-14(21)12-23-20/h2-9,11-12H,10H2,1H3,(H,24,25). The zero-order valence-electron chi connectivity index (χ0n) is 14.4. The number of carbonyl (C=O) groups is 1. The number of methoxy groups -OCH3 is 1. The molecule has 1 heterocycles. The van der Waals surface area contributed by atoms with E-state index in [9.17, 15) is 4.79 Å². The third kappa shape index (κ3) is 4.90. The highest BCUT2D eigenvalue weighted by molar-refractivity contribution is 6.35. The topological polar surface area (TPSA) is 60.5 Å². The summed E-state index contributed by atoms with van der Waals surface area (Å²) < 4.78 is 11.0. The highest BCUT2D eigenvalue weighted by atomic mass is 35.5. The van der Waals surface area contributed by atoms with E-state index in [1.807, 2.05) is 24.3 Å². The normalized spacial score (nSPS) is 10.3. The van der Waals surface area contributed by atoms with E-state index in [-0.39, 0.29) is 23.2 Å². The van der Waals surface area contributed by atoms with Crippen LogP contribution in [0, 0.1) is 0 Å². The molecular weight excluding hydrogens is 387 g/mol. The van der Waals surface area contributed by atoms with Crippen LogP contribution in [0.25, 0.3) is 0 Å². The highest BCUT2D eigenvalue weighted by Gasteiger charge is 2.13. The molecule has 0 aliphatic rings. The number of anilines is 1. The number of pyridine rings is 1. The Morgan fingerprint density at radius 2 is 1.78 bits per heavy atom. The summed E-state index contributed by atoms with van der Waals surface area (Å²) >= 11 is 12.0. The van der Waals surface area contributed by atoms with Crippen molar-refractivity contribution in [1.29, 1.82) is 0 Å². The number of ether oxygens (including phenoxy) is 2. The third-order valence-corrected chi connectivity index (χ3v) is 4.16. The maximum atomic E-state index is 12.5. The number of hydrogen-bond acceptors (Lipinski definition) is 4. The minimum atomic E-state index is -0.203. The Morgan fingerprint density at radius 3 is 2.52 bits per heavy atom. The molecule has 138 valence electrons. The van der Waals surface area contributed by atoms with Crippen molar-refractivity contribution >= 4 is 34.8 Å². The Kier molecular flexibility index (Phi) is 6.16. The molecular formula is C20H16Cl2N2O3. The molecule has 27 heavy (non-hydrogen) atoms. The molecule has 0 aliphatic carbocycles. The first-order valence-corrected chi connectivity index (χ1v) is 8.82. The lowest BCUT2D eigenvalue weighted by Crippen LogP contribution is -2.15. The van der Waals surface area contributed by atoms with Gasteiger partial charge in [-0.2, -0.15) is 0 Å². The summed E-state index contributed by atoms with van der Waals surface area (Å²) in [5.74, 6) is 1.08. The highest BCUT2D eigenvalue weighted by Crippen LogP contribution is 2.33. The fourth-order valence-electron chi connectivity index (χ4n) is 2.46. The first-order valence-electron chi connectivity index (χ1n) is 8.06. The second-order valence-corrected chi connectivity index (χ2v) is 6.42. The first kappa shape index (κ1) is 19.0. The molecule has 1 amide bonds. The van der Waals surface area contributed by atoms with Gasteiger partial charge in [-0.3, -0.25) is 4.79 Å². The smallest absolute Gasteiger partial charge is 0.238 e. The molecule has 0 bridgehead atoms. The predicted octanol–water partition coefficient (Wildman–Crippen LogP) is 5.37. The number of hydrogen-bond donors (Lipinski definition) is 1. The SMILES string of the molecule is COc1ccccc1CC(=O)Nc1ccccc1Oc1ncc(Cl)cc1Cl. The van der Waals surface area contributed by atoms with Gasteiger partial charge in [-0.25, -0.2) is 4.98 Å². The molecule has 1 N–H and O–H groups in total. The lowest BCUT2D eigenvalue weighted by molar-refractivity contribution is -0.115. The van der Waals surface area contributed by atoms with Crippen molar-refractivity contribution in [3.63, 3.8) is 0 Å². The molecule has 1 aromatic heterocycles. The fourth-order valence-corrected chi connectivity index (χ4v) is 2.88. The number of carbonyl (C=O) groups excluding carboxylic acids is 1. The summed E-state index contributed by atoms with van der Waals surface area (Å²) in [5.41, 5.74) is 1.29. The zero-order chi connectivity index (χ0) is 19.2. The Balaban J connectivity index is 1.76. The van der Waals surface area contributed by atoms with Gasteiger partial charge in [0.1, 0.15) is 10.8 Å². The van der Waals surface area contributed by atoms with Crippen molar-refractivity contribution in [3.8, 4) is 17.4 Å². The molecule has 0 radical (unpaired) electrons. The van der Waals surface area contributed by atoms with E-state index in [1.54, 1.807) is 31.4 Å². The van der Waals surface area contributed by atoms with Crippen molar-refractivity contribution in [2.75, 3.05) is 12.4 Å². The van der Waals surface area contributed by atoms with Gasteiger partial charge in [0.2, 0.25) is 11.8 Å². The second-order valence-electron chi connectivity index (χ2n) is 5.58. The van der Waals surface area contributed by atoms with E-state index in [4.69, 9.17) is 32.7 Å². The zero-order valence-corrected chi connectivity index (χ0v) is 15.9. The average molecular weight is 403 g/mol. The quantitative estimate of drug-likeness (QED) is 0.601. The summed E-state index contributed by atoms with van der Waals surface area (Å²) in [4.78, 5) is 16.6. The van der Waals surface area contributed by atoms with Crippen LogP contribution in [-0.4, -0.2) is 18.0 Å². The van der Waals surface area contributed by atoms with Crippen molar-refractivity contribution < 1.29 is 14.3 Å². The van der Waals surface area contributed by atoms with E-state index < -0.39 is 0 Å². The molecule has 0 atom stereocenters. The minimum Gasteiger partial charge on any atom is -0.496 e. The molecule has 2 aromatic carbocycles. The number of nitrogens with one attached hydrogen (secondary N) is 1. The minimum absolute atomic E-state index is 0.165. The third-order valence-electron chi connectivity index (χ3n) is 3.69. The molecule has 3 rings (SSSR count). The number of amides is 1. The maximum Gasteiger partial charge on any atom is 0.238 e. The Labute approximate surface area is 166 Å². The molecule has 0 saturated carbocycles. The summed E-state index contributed by atoms with van der Waals surface area (Å²) in [6, 6.07) is 15.9. The number of rotatable bonds is 6. The second kappa shape index (κ2) is 8.75. The molecule has 0 spiro atoms. The molecule has 7 heteroatoms. The van der Waals surface area contributed by atoms with Crippen LogP contribution in [0.5, 0.6) is 17.4 Å². The van der Waals surface area contributed by atoms with Gasteiger partial charge < -0.3 is 14.8 Å². The molecule has 0 saturated heterocycles. The summed E-state index contributed by atoms with van der Waals surface area (Å²) in [6.07, 6.45) is 1.60. The van der Waals surface area contributed by atoms with Gasteiger partial charge in [-0.15, -0.1) is 0 Å². The Bertz CT molecular complexity index is 963. The van der Waals surface area contributed by atoms with Gasteiger partial charge in [0.25, 0.3) is 0 Å². The van der Waals surface area contributed by atoms with Gasteiger partial charge in [-0.05, 0) is 24.3 Å². The van der Waals surface area contributed by atoms with Crippen LogP contribution in [0.4, 0.5) is 5.69 Å². The van der Waals surface area contributed by atoms with Gasteiger partial charge >= 0.3 is 0 Å². The lowest BCUT2D eigenvalue weighted by atomic mass is 10.1. The van der Waals surface area contributed by atoms with Crippen molar-refractivity contribution in [1.82, 2.24) is 4.98 Å². The number of benzene rings is 2. The Hall–Kier alpha value is -2.76. The maximum absolute atomic E-state index is 12.5. The van der Waals surface area contributed by atoms with E-state index in [1.165, 1.54) is 12.3 Å². The van der Waals surface area contributed by atoms with Gasteiger partial charge in [0, 0.05) is 11.8 Å². The first-order chi connectivity index (χ1) is 13.1. The molecule has 5 nitrogen and oxygen atoms in total. The summed E-state index contributed by atoms with van der Waals surface area (Å²) in [5, 5.41) is 3.53. The van der Waals surface area contributed by atoms with Crippen LogP contribution in [0.1, 0.15) is 5.56 Å². The average Bonchev–Trinajstić information content (AvgIpc) is 2.66. The van der Waals surface area contributed by atoms with Crippen LogP contribution in [0.3, 0.4) is 0 Å². The Morgan fingerprint density at radius 1 is 1.07 bits per heavy atom. The number of nitrogens with zero attached hydrogens (tertiary/aromatic N) is 1. The number of para-hydroxylation sites is 3. The molecule has 0 unspecified atom stereocenters. The largest absolute Gasteiger partial charge is 0.496 e. The van der Waals surface area contributed by atoms with Crippen LogP contribution >= 0.6 is 23.2 Å². The lowest BCUT2D eigenvalue weighted by Gasteiger charge is -2.13. The fraction of sp³-hybridized carbons (Fsp3) is 0.100. The predicted molar refractivity (Wildman–Crippen MR) is 106 cm³/mol. The summed E-state index contributed by atoms with van der Waals surface area (Å²) in [7, 11) is 1.57. The van der Waals surface area contributed by atoms with Gasteiger partial charge in [0.15, 0.2) is 5.75 Å². The number of aromatic nitrogens is 1. The molecule has 3 aromatic rings. The van der Waals surface area contributed by atoms with Gasteiger partial charge in [-0.1, -0.05) is 53.5 Å². The van der Waals surface area contributed by atoms with E-state index in [2.05, 4.69) is 10.3 Å². The van der Waals surface area contributed by atoms with E-state index in [0.29, 0.717) is 22.2 Å². The van der Waals surface area contributed by atoms with Crippen molar-refractivity contribution in [2.24, 2.45) is 0 Å². The van der Waals surface area contributed by atoms with Crippen molar-refractivity contribution in [2.45, 2.75) is 6.42 Å². The monoisotopic (exact) mass is 402 g/mol. The van der Waals surface area contributed by atoms with Gasteiger partial charge in [0.05, 0.1) is 24.2 Å². The van der Waals surface area contributed by atoms with Crippen LogP contribution in [0.15, 0.2) is 60.8 Å². The number of halogens is 2. The summed E-state index contributed by atoms with van der Waals surface area (Å²) in [6.45, 7) is 0.